The molecule has 2 aromatic carbocycles. The Balaban J connectivity index is 1.66. The lowest BCUT2D eigenvalue weighted by atomic mass is 9.52. The molecule has 2 fully saturated rings. The molecule has 5 rings (SSSR count). The molecule has 2 unspecified atom stereocenters. The zero-order chi connectivity index (χ0) is 28.5. The third-order valence-corrected chi connectivity index (χ3v) is 8.47. The van der Waals surface area contributed by atoms with Crippen molar-refractivity contribution in [1.82, 2.24) is 4.90 Å². The quantitative estimate of drug-likeness (QED) is 0.496. The third kappa shape index (κ3) is 3.62. The Morgan fingerprint density at radius 3 is 2.46 bits per heavy atom. The molecule has 2 aromatic rings. The number of benzene rings is 2. The number of phenolic OH excluding ortho intramolecular Hbond substituents is 1. The fourth-order valence-corrected chi connectivity index (χ4v) is 6.74. The number of halogens is 1. The Labute approximate surface area is 223 Å². The number of aromatic hydroxyl groups is 1. The van der Waals surface area contributed by atoms with Crippen molar-refractivity contribution in [3.05, 3.63) is 59.4 Å². The van der Waals surface area contributed by atoms with Crippen LogP contribution in [0.3, 0.4) is 0 Å². The van der Waals surface area contributed by atoms with Crippen molar-refractivity contribution < 1.29 is 38.6 Å². The van der Waals surface area contributed by atoms with Crippen LogP contribution >= 0.6 is 0 Å². The van der Waals surface area contributed by atoms with Gasteiger partial charge in [0.05, 0.1) is 17.5 Å². The van der Waals surface area contributed by atoms with Crippen molar-refractivity contribution >= 4 is 35.1 Å². The van der Waals surface area contributed by atoms with E-state index < -0.39 is 70.2 Å². The highest BCUT2D eigenvalue weighted by Gasteiger charge is 2.69. The number of hydrogen-bond acceptors (Lipinski definition) is 8. The largest absolute Gasteiger partial charge is 0.507 e. The van der Waals surface area contributed by atoms with E-state index in [4.69, 9.17) is 5.73 Å². The van der Waals surface area contributed by atoms with Crippen LogP contribution in [0.1, 0.15) is 27.9 Å². The zero-order valence-electron chi connectivity index (χ0n) is 21.3. The molecule has 0 heterocycles. The SMILES string of the molecule is C=Cc1cc(-c2ccc(O)c3c2C[C@@H]2C[C@@H]4[C@@H](N(C)C)C(=O)C(C(N)=O)C(=O)[C@]4(O)C(=O)C2C3=O)ccc1F. The standard InChI is InChI=1S/C29H27FN2O7/c1-4-12-9-13(5-7-18(12)30)15-6-8-19(33)21-16(15)10-14-11-17-23(32(2)3)25(35)22(28(31)38)27(37)29(17,39)26(36)20(14)24(21)34/h4-9,14,17,20,22-23,33,39H,1,10-11H2,2-3H3,(H2,31,38)/t14-,17-,20?,22?,23-,29-/m1/s1. The van der Waals surface area contributed by atoms with E-state index in [0.717, 1.165) is 0 Å². The topological polar surface area (TPSA) is 155 Å². The number of carbonyl (C=O) groups is 5. The van der Waals surface area contributed by atoms with E-state index in [2.05, 4.69) is 6.58 Å². The predicted octanol–water partition coefficient (Wildman–Crippen LogP) is 1.32. The molecule has 2 saturated carbocycles. The Bertz CT molecular complexity index is 1500. The van der Waals surface area contributed by atoms with Crippen molar-refractivity contribution in [2.75, 3.05) is 14.1 Å². The number of carbonyl (C=O) groups excluding carboxylic acids is 5. The molecule has 0 saturated heterocycles. The average Bonchev–Trinajstić information content (AvgIpc) is 2.86. The Kier molecular flexibility index (Phi) is 6.15. The van der Waals surface area contributed by atoms with E-state index in [-0.39, 0.29) is 29.7 Å². The number of nitrogens with two attached hydrogens (primary N) is 1. The van der Waals surface area contributed by atoms with E-state index in [1.807, 2.05) is 0 Å². The van der Waals surface area contributed by atoms with Gasteiger partial charge in [-0.25, -0.2) is 4.39 Å². The van der Waals surface area contributed by atoms with Crippen LogP contribution in [0.25, 0.3) is 17.2 Å². The van der Waals surface area contributed by atoms with Gasteiger partial charge >= 0.3 is 0 Å². The van der Waals surface area contributed by atoms with Crippen LogP contribution in [-0.2, 0) is 25.6 Å². The fourth-order valence-electron chi connectivity index (χ4n) is 6.74. The van der Waals surface area contributed by atoms with Crippen molar-refractivity contribution in [2.24, 2.45) is 29.4 Å². The monoisotopic (exact) mass is 534 g/mol. The summed E-state index contributed by atoms with van der Waals surface area (Å²) >= 11 is 0. The molecule has 0 aliphatic heterocycles. The first-order chi connectivity index (χ1) is 18.3. The first-order valence-corrected chi connectivity index (χ1v) is 12.5. The molecule has 3 aliphatic rings. The second-order valence-electron chi connectivity index (χ2n) is 10.7. The lowest BCUT2D eigenvalue weighted by Gasteiger charge is -2.52. The molecule has 6 atom stereocenters. The number of aliphatic hydroxyl groups is 1. The minimum absolute atomic E-state index is 0.0552. The minimum atomic E-state index is -2.78. The number of fused-ring (bicyclic) bond motifs is 3. The van der Waals surface area contributed by atoms with Gasteiger partial charge < -0.3 is 15.9 Å². The van der Waals surface area contributed by atoms with E-state index in [0.29, 0.717) is 16.7 Å². The number of amides is 1. The summed E-state index contributed by atoms with van der Waals surface area (Å²) in [5.41, 5.74) is 4.21. The van der Waals surface area contributed by atoms with Crippen molar-refractivity contribution in [3.63, 3.8) is 0 Å². The van der Waals surface area contributed by atoms with Gasteiger partial charge in [0.1, 0.15) is 11.6 Å². The smallest absolute Gasteiger partial charge is 0.235 e. The third-order valence-electron chi connectivity index (χ3n) is 8.47. The summed E-state index contributed by atoms with van der Waals surface area (Å²) in [6.07, 6.45) is 1.40. The van der Waals surface area contributed by atoms with E-state index in [9.17, 15) is 38.6 Å². The Hall–Kier alpha value is -4.02. The number of nitrogens with zero attached hydrogens (tertiary/aromatic N) is 1. The molecule has 1 amide bonds. The van der Waals surface area contributed by atoms with Gasteiger partial charge in [0.2, 0.25) is 5.91 Å². The lowest BCUT2D eigenvalue weighted by Crippen LogP contribution is -2.74. The molecule has 0 spiro atoms. The van der Waals surface area contributed by atoms with Crippen LogP contribution in [-0.4, -0.2) is 69.9 Å². The van der Waals surface area contributed by atoms with Gasteiger partial charge in [0.15, 0.2) is 34.7 Å². The van der Waals surface area contributed by atoms with Crippen LogP contribution in [0, 0.1) is 29.5 Å². The summed E-state index contributed by atoms with van der Waals surface area (Å²) in [5, 5.41) is 22.3. The number of primary amides is 1. The molecule has 202 valence electrons. The number of likely N-dealkylation sites (N-methyl/N-ethyl adjacent to an activating group) is 1. The molecular formula is C29H27FN2O7. The van der Waals surface area contributed by atoms with Gasteiger partial charge in [-0.3, -0.25) is 28.9 Å². The number of hydrogen-bond donors (Lipinski definition) is 3. The van der Waals surface area contributed by atoms with Gasteiger partial charge in [0, 0.05) is 11.5 Å². The number of ketones is 4. The fraction of sp³-hybridized carbons (Fsp3) is 0.345. The van der Waals surface area contributed by atoms with Gasteiger partial charge in [0.25, 0.3) is 0 Å². The Morgan fingerprint density at radius 2 is 1.85 bits per heavy atom. The van der Waals surface area contributed by atoms with Gasteiger partial charge in [-0.1, -0.05) is 24.8 Å². The van der Waals surface area contributed by atoms with Crippen LogP contribution in [0.2, 0.25) is 0 Å². The van der Waals surface area contributed by atoms with Gasteiger partial charge in [-0.15, -0.1) is 0 Å². The van der Waals surface area contributed by atoms with E-state index >= 15 is 0 Å². The maximum atomic E-state index is 14.1. The second kappa shape index (κ2) is 9.03. The van der Waals surface area contributed by atoms with Crippen LogP contribution in [0.15, 0.2) is 36.9 Å². The van der Waals surface area contributed by atoms with Gasteiger partial charge in [-0.05, 0) is 67.7 Å². The van der Waals surface area contributed by atoms with Crippen LogP contribution in [0.4, 0.5) is 4.39 Å². The summed E-state index contributed by atoms with van der Waals surface area (Å²) in [4.78, 5) is 67.7. The molecular weight excluding hydrogens is 507 g/mol. The Morgan fingerprint density at radius 1 is 1.15 bits per heavy atom. The summed E-state index contributed by atoms with van der Waals surface area (Å²) in [6, 6.07) is 6.06. The molecule has 0 radical (unpaired) electrons. The van der Waals surface area contributed by atoms with Crippen LogP contribution in [0.5, 0.6) is 5.75 Å². The van der Waals surface area contributed by atoms with Crippen molar-refractivity contribution in [2.45, 2.75) is 24.5 Å². The summed E-state index contributed by atoms with van der Waals surface area (Å²) < 4.78 is 14.1. The predicted molar refractivity (Wildman–Crippen MR) is 137 cm³/mol. The molecule has 0 aromatic heterocycles. The first-order valence-electron chi connectivity index (χ1n) is 12.5. The molecule has 4 N–H and O–H groups in total. The maximum absolute atomic E-state index is 14.1. The summed E-state index contributed by atoms with van der Waals surface area (Å²) in [7, 11) is 3.05. The van der Waals surface area contributed by atoms with Crippen LogP contribution < -0.4 is 5.73 Å². The van der Waals surface area contributed by atoms with E-state index in [1.54, 1.807) is 12.1 Å². The highest BCUT2D eigenvalue weighted by Crippen LogP contribution is 2.51. The molecule has 39 heavy (non-hydrogen) atoms. The highest BCUT2D eigenvalue weighted by molar-refractivity contribution is 6.32. The number of phenols is 1. The number of Topliss-reactive ketones (excluding diaryl/α,β-unsaturated/α-hetero) is 4. The van der Waals surface area contributed by atoms with Crippen molar-refractivity contribution in [1.29, 1.82) is 0 Å². The lowest BCUT2D eigenvalue weighted by molar-refractivity contribution is -0.181. The second-order valence-corrected chi connectivity index (χ2v) is 10.7. The maximum Gasteiger partial charge on any atom is 0.235 e. The summed E-state index contributed by atoms with van der Waals surface area (Å²) in [5.74, 6) is -11.6. The average molecular weight is 535 g/mol. The highest BCUT2D eigenvalue weighted by atomic mass is 19.1. The van der Waals surface area contributed by atoms with Gasteiger partial charge in [-0.2, -0.15) is 0 Å². The first kappa shape index (κ1) is 26.6. The molecule has 3 aliphatic carbocycles. The summed E-state index contributed by atoms with van der Waals surface area (Å²) in [6.45, 7) is 3.61. The zero-order valence-corrected chi connectivity index (χ0v) is 21.3. The normalized spacial score (nSPS) is 30.0. The van der Waals surface area contributed by atoms with Crippen molar-refractivity contribution in [3.8, 4) is 16.9 Å². The molecule has 0 bridgehead atoms. The molecule has 10 heteroatoms. The molecule has 9 nitrogen and oxygen atoms in total. The van der Waals surface area contributed by atoms with E-state index in [1.165, 1.54) is 43.3 Å². The minimum Gasteiger partial charge on any atom is -0.507 e. The number of rotatable bonds is 4.